The number of para-hydroxylation sites is 2. The van der Waals surface area contributed by atoms with E-state index in [4.69, 9.17) is 9.15 Å². The van der Waals surface area contributed by atoms with Gasteiger partial charge in [0.05, 0.1) is 5.25 Å². The van der Waals surface area contributed by atoms with Crippen LogP contribution < -0.4 is 10.1 Å². The summed E-state index contributed by atoms with van der Waals surface area (Å²) in [5.74, 6) is -0.372. The van der Waals surface area contributed by atoms with Gasteiger partial charge in [0.2, 0.25) is 5.91 Å². The molecular weight excluding hydrogens is 441 g/mol. The van der Waals surface area contributed by atoms with Crippen LogP contribution in [0.25, 0.3) is 11.1 Å². The van der Waals surface area contributed by atoms with Gasteiger partial charge in [0.15, 0.2) is 17.7 Å². The van der Waals surface area contributed by atoms with Crippen molar-refractivity contribution in [1.29, 1.82) is 0 Å². The molecule has 0 saturated heterocycles. The van der Waals surface area contributed by atoms with Crippen molar-refractivity contribution < 1.29 is 18.3 Å². The monoisotopic (exact) mass is 463 g/mol. The second-order valence-electron chi connectivity index (χ2n) is 7.26. The van der Waals surface area contributed by atoms with Crippen molar-refractivity contribution in [2.45, 2.75) is 30.4 Å². The van der Waals surface area contributed by atoms with Gasteiger partial charge in [-0.1, -0.05) is 72.4 Å². The van der Waals surface area contributed by atoms with E-state index in [-0.39, 0.29) is 22.8 Å². The fourth-order valence-corrected chi connectivity index (χ4v) is 3.80. The lowest BCUT2D eigenvalue weighted by Gasteiger charge is -2.14. The molecule has 3 aromatic carbocycles. The lowest BCUT2D eigenvalue weighted by Crippen LogP contribution is -2.22. The average Bonchev–Trinajstić information content (AvgIpc) is 3.30. The molecule has 2 atom stereocenters. The molecule has 1 heterocycles. The van der Waals surface area contributed by atoms with Crippen LogP contribution in [0.5, 0.6) is 5.75 Å². The SMILES string of the molecule is C[C@H](Sc1nnc([C@H](C)Oc2ccccc2F)o1)C(=O)Nc1ccccc1-c1ccccc1. The molecule has 0 radical (unpaired) electrons. The maximum absolute atomic E-state index is 13.8. The van der Waals surface area contributed by atoms with Crippen LogP contribution in [-0.4, -0.2) is 21.4 Å². The van der Waals surface area contributed by atoms with Crippen LogP contribution >= 0.6 is 11.8 Å². The number of carbonyl (C=O) groups is 1. The van der Waals surface area contributed by atoms with Gasteiger partial charge in [0.1, 0.15) is 0 Å². The molecule has 0 fully saturated rings. The van der Waals surface area contributed by atoms with Gasteiger partial charge in [-0.05, 0) is 37.6 Å². The van der Waals surface area contributed by atoms with Crippen LogP contribution in [0.15, 0.2) is 88.5 Å². The number of hydrogen-bond donors (Lipinski definition) is 1. The van der Waals surface area contributed by atoms with Crippen molar-refractivity contribution >= 4 is 23.4 Å². The predicted octanol–water partition coefficient (Wildman–Crippen LogP) is 6.14. The van der Waals surface area contributed by atoms with Crippen LogP contribution in [0, 0.1) is 5.82 Å². The third-order valence-electron chi connectivity index (χ3n) is 4.83. The summed E-state index contributed by atoms with van der Waals surface area (Å²) in [6.45, 7) is 3.44. The lowest BCUT2D eigenvalue weighted by molar-refractivity contribution is -0.115. The number of benzene rings is 3. The summed E-state index contributed by atoms with van der Waals surface area (Å²) in [5.41, 5.74) is 2.67. The van der Waals surface area contributed by atoms with E-state index in [2.05, 4.69) is 15.5 Å². The molecule has 0 aliphatic rings. The Kier molecular flexibility index (Phi) is 7.04. The summed E-state index contributed by atoms with van der Waals surface area (Å²) in [5, 5.41) is 10.7. The van der Waals surface area contributed by atoms with Crippen molar-refractivity contribution in [1.82, 2.24) is 10.2 Å². The first kappa shape index (κ1) is 22.5. The van der Waals surface area contributed by atoms with Gasteiger partial charge in [-0.25, -0.2) is 4.39 Å². The van der Waals surface area contributed by atoms with E-state index in [1.165, 1.54) is 12.1 Å². The number of ether oxygens (including phenoxy) is 1. The van der Waals surface area contributed by atoms with Gasteiger partial charge in [-0.3, -0.25) is 4.79 Å². The molecule has 0 saturated carbocycles. The van der Waals surface area contributed by atoms with E-state index in [1.54, 1.807) is 26.0 Å². The summed E-state index contributed by atoms with van der Waals surface area (Å²) >= 11 is 1.14. The molecule has 6 nitrogen and oxygen atoms in total. The zero-order valence-corrected chi connectivity index (χ0v) is 18.9. The number of nitrogens with zero attached hydrogens (tertiary/aromatic N) is 2. The number of aromatic nitrogens is 2. The van der Waals surface area contributed by atoms with Crippen molar-refractivity contribution in [2.24, 2.45) is 0 Å². The minimum absolute atomic E-state index is 0.0993. The maximum Gasteiger partial charge on any atom is 0.277 e. The molecule has 0 spiro atoms. The molecule has 4 aromatic rings. The van der Waals surface area contributed by atoms with Gasteiger partial charge in [-0.2, -0.15) is 0 Å². The number of rotatable bonds is 8. The number of carbonyl (C=O) groups excluding carboxylic acids is 1. The van der Waals surface area contributed by atoms with Gasteiger partial charge < -0.3 is 14.5 Å². The standard InChI is InChI=1S/C25H22FN3O3S/c1-16(31-22-15-9-7-13-20(22)26)24-28-29-25(32-24)33-17(2)23(30)27-21-14-8-6-12-19(21)18-10-4-3-5-11-18/h3-17H,1-2H3,(H,27,30)/t16-,17-/m0/s1. The highest BCUT2D eigenvalue weighted by molar-refractivity contribution is 8.00. The first-order valence-corrected chi connectivity index (χ1v) is 11.3. The second kappa shape index (κ2) is 10.3. The zero-order valence-electron chi connectivity index (χ0n) is 18.1. The molecule has 168 valence electrons. The van der Waals surface area contributed by atoms with Gasteiger partial charge in [0.25, 0.3) is 11.1 Å². The predicted molar refractivity (Wildman–Crippen MR) is 126 cm³/mol. The average molecular weight is 464 g/mol. The molecule has 1 N–H and O–H groups in total. The lowest BCUT2D eigenvalue weighted by atomic mass is 10.0. The Balaban J connectivity index is 1.40. The number of halogens is 1. The molecule has 1 amide bonds. The highest BCUT2D eigenvalue weighted by Crippen LogP contribution is 2.30. The first-order valence-electron chi connectivity index (χ1n) is 10.4. The minimum atomic E-state index is -0.648. The van der Waals surface area contributed by atoms with Crippen molar-refractivity contribution in [3.63, 3.8) is 0 Å². The highest BCUT2D eigenvalue weighted by Gasteiger charge is 2.22. The molecule has 8 heteroatoms. The second-order valence-corrected chi connectivity index (χ2v) is 8.55. The molecule has 0 aliphatic heterocycles. The Hall–Kier alpha value is -3.65. The number of thioether (sulfide) groups is 1. The van der Waals surface area contributed by atoms with Crippen molar-refractivity contribution in [3.05, 3.63) is 90.6 Å². The molecule has 0 aliphatic carbocycles. The van der Waals surface area contributed by atoms with E-state index in [9.17, 15) is 9.18 Å². The first-order chi connectivity index (χ1) is 16.0. The van der Waals surface area contributed by atoms with Crippen LogP contribution in [0.4, 0.5) is 10.1 Å². The van der Waals surface area contributed by atoms with Crippen LogP contribution in [0.3, 0.4) is 0 Å². The third kappa shape index (κ3) is 5.59. The molecular formula is C25H22FN3O3S. The van der Waals surface area contributed by atoms with E-state index in [1.807, 2.05) is 54.6 Å². The van der Waals surface area contributed by atoms with Gasteiger partial charge in [-0.15, -0.1) is 10.2 Å². The number of anilines is 1. The zero-order chi connectivity index (χ0) is 23.2. The Labute approximate surface area is 195 Å². The Bertz CT molecular complexity index is 1230. The third-order valence-corrected chi connectivity index (χ3v) is 5.76. The molecule has 4 rings (SSSR count). The maximum atomic E-state index is 13.8. The summed E-state index contributed by atoms with van der Waals surface area (Å²) in [7, 11) is 0. The van der Waals surface area contributed by atoms with E-state index >= 15 is 0 Å². The summed E-state index contributed by atoms with van der Waals surface area (Å²) in [6, 6.07) is 23.6. The fourth-order valence-electron chi connectivity index (χ4n) is 3.11. The smallest absolute Gasteiger partial charge is 0.277 e. The normalized spacial score (nSPS) is 12.7. The van der Waals surface area contributed by atoms with E-state index < -0.39 is 17.2 Å². The van der Waals surface area contributed by atoms with Crippen molar-refractivity contribution in [2.75, 3.05) is 5.32 Å². The quantitative estimate of drug-likeness (QED) is 0.317. The summed E-state index contributed by atoms with van der Waals surface area (Å²) < 4.78 is 25.0. The Morgan fingerprint density at radius 3 is 2.45 bits per heavy atom. The summed E-state index contributed by atoms with van der Waals surface area (Å²) in [4.78, 5) is 12.8. The number of nitrogens with one attached hydrogen (secondary N) is 1. The Morgan fingerprint density at radius 1 is 0.970 bits per heavy atom. The highest BCUT2D eigenvalue weighted by atomic mass is 32.2. The van der Waals surface area contributed by atoms with Crippen molar-refractivity contribution in [3.8, 4) is 16.9 Å². The molecule has 0 bridgehead atoms. The molecule has 33 heavy (non-hydrogen) atoms. The summed E-state index contributed by atoms with van der Waals surface area (Å²) in [6.07, 6.45) is -0.648. The number of amides is 1. The molecule has 0 unspecified atom stereocenters. The largest absolute Gasteiger partial charge is 0.478 e. The molecule has 1 aromatic heterocycles. The fraction of sp³-hybridized carbons (Fsp3) is 0.160. The van der Waals surface area contributed by atoms with E-state index in [0.29, 0.717) is 0 Å². The van der Waals surface area contributed by atoms with Crippen LogP contribution in [0.1, 0.15) is 25.8 Å². The van der Waals surface area contributed by atoms with Gasteiger partial charge >= 0.3 is 0 Å². The van der Waals surface area contributed by atoms with Crippen LogP contribution in [-0.2, 0) is 4.79 Å². The minimum Gasteiger partial charge on any atom is -0.478 e. The number of hydrogen-bond acceptors (Lipinski definition) is 6. The topological polar surface area (TPSA) is 77.2 Å². The van der Waals surface area contributed by atoms with Crippen LogP contribution in [0.2, 0.25) is 0 Å². The Morgan fingerprint density at radius 2 is 1.67 bits per heavy atom. The van der Waals surface area contributed by atoms with E-state index in [0.717, 1.165) is 28.6 Å². The van der Waals surface area contributed by atoms with Gasteiger partial charge in [0, 0.05) is 11.3 Å².